The number of carbonyl (C=O) groups excluding carboxylic acids is 1. The molecule has 78 valence electrons. The highest BCUT2D eigenvalue weighted by atomic mass is 79.9. The van der Waals surface area contributed by atoms with Crippen LogP contribution in [0.15, 0.2) is 27.2 Å². The summed E-state index contributed by atoms with van der Waals surface area (Å²) in [5.41, 5.74) is 0.632. The summed E-state index contributed by atoms with van der Waals surface area (Å²) < 4.78 is 10.7. The number of ether oxygens (including phenoxy) is 1. The summed E-state index contributed by atoms with van der Waals surface area (Å²) in [4.78, 5) is 11.4. The molecule has 0 saturated heterocycles. The Morgan fingerprint density at radius 2 is 2.40 bits per heavy atom. The van der Waals surface area contributed by atoms with E-state index < -0.39 is 5.97 Å². The van der Waals surface area contributed by atoms with Crippen molar-refractivity contribution < 1.29 is 14.1 Å². The molecule has 0 aliphatic carbocycles. The fourth-order valence-electron chi connectivity index (χ4n) is 1.26. The summed E-state index contributed by atoms with van der Waals surface area (Å²) in [6, 6.07) is 5.37. The van der Waals surface area contributed by atoms with Crippen LogP contribution in [0.2, 0.25) is 0 Å². The van der Waals surface area contributed by atoms with Gasteiger partial charge in [-0.05, 0) is 25.1 Å². The van der Waals surface area contributed by atoms with Crippen molar-refractivity contribution in [2.24, 2.45) is 0 Å². The van der Waals surface area contributed by atoms with Crippen LogP contribution in [-0.4, -0.2) is 17.7 Å². The van der Waals surface area contributed by atoms with Crippen LogP contribution in [0.5, 0.6) is 0 Å². The molecule has 0 radical (unpaired) electrons. The maximum absolute atomic E-state index is 11.4. The van der Waals surface area contributed by atoms with E-state index in [0.717, 1.165) is 4.47 Å². The van der Waals surface area contributed by atoms with Gasteiger partial charge in [-0.3, -0.25) is 0 Å². The molecular formula is C10H8BrNO3. The van der Waals surface area contributed by atoms with Crippen LogP contribution in [0.25, 0.3) is 10.9 Å². The SMILES string of the molecule is CCOC(=O)c1onc2cc(Br)ccc12. The van der Waals surface area contributed by atoms with Gasteiger partial charge in [0.1, 0.15) is 5.52 Å². The molecule has 0 aliphatic rings. The van der Waals surface area contributed by atoms with Crippen LogP contribution in [0.4, 0.5) is 0 Å². The maximum Gasteiger partial charge on any atom is 0.377 e. The third-order valence-corrected chi connectivity index (χ3v) is 2.39. The number of esters is 1. The largest absolute Gasteiger partial charge is 0.460 e. The highest BCUT2D eigenvalue weighted by Crippen LogP contribution is 2.22. The van der Waals surface area contributed by atoms with E-state index >= 15 is 0 Å². The van der Waals surface area contributed by atoms with Gasteiger partial charge in [-0.2, -0.15) is 0 Å². The molecule has 0 atom stereocenters. The Hall–Kier alpha value is -1.36. The molecule has 1 aromatic heterocycles. The highest BCUT2D eigenvalue weighted by molar-refractivity contribution is 9.10. The van der Waals surface area contributed by atoms with Gasteiger partial charge in [-0.25, -0.2) is 4.79 Å². The van der Waals surface area contributed by atoms with Crippen molar-refractivity contribution in [1.29, 1.82) is 0 Å². The Kier molecular flexibility index (Phi) is 2.73. The van der Waals surface area contributed by atoms with E-state index in [1.807, 2.05) is 6.07 Å². The van der Waals surface area contributed by atoms with Crippen molar-refractivity contribution in [2.45, 2.75) is 6.92 Å². The van der Waals surface area contributed by atoms with Gasteiger partial charge in [0.05, 0.1) is 12.0 Å². The Morgan fingerprint density at radius 3 is 3.13 bits per heavy atom. The van der Waals surface area contributed by atoms with Crippen molar-refractivity contribution in [1.82, 2.24) is 5.16 Å². The quantitative estimate of drug-likeness (QED) is 0.787. The molecule has 5 heteroatoms. The third-order valence-electron chi connectivity index (χ3n) is 1.90. The summed E-state index contributed by atoms with van der Waals surface area (Å²) in [7, 11) is 0. The van der Waals surface area contributed by atoms with Crippen LogP contribution in [0.1, 0.15) is 17.5 Å². The first-order valence-corrected chi connectivity index (χ1v) is 5.23. The van der Waals surface area contributed by atoms with Crippen LogP contribution < -0.4 is 0 Å². The second-order valence-corrected chi connectivity index (χ2v) is 3.81. The Morgan fingerprint density at radius 1 is 1.60 bits per heavy atom. The zero-order chi connectivity index (χ0) is 10.8. The fourth-order valence-corrected chi connectivity index (χ4v) is 1.61. The molecule has 4 nitrogen and oxygen atoms in total. The van der Waals surface area contributed by atoms with Crippen LogP contribution in [-0.2, 0) is 4.74 Å². The third kappa shape index (κ3) is 1.87. The van der Waals surface area contributed by atoms with Gasteiger partial charge in [0.25, 0.3) is 5.76 Å². The van der Waals surface area contributed by atoms with Gasteiger partial charge < -0.3 is 9.26 Å². The van der Waals surface area contributed by atoms with Gasteiger partial charge in [0.15, 0.2) is 0 Å². The number of aromatic nitrogens is 1. The van der Waals surface area contributed by atoms with Gasteiger partial charge >= 0.3 is 5.97 Å². The van der Waals surface area contributed by atoms with E-state index in [0.29, 0.717) is 17.5 Å². The van der Waals surface area contributed by atoms with Gasteiger partial charge in [0.2, 0.25) is 0 Å². The smallest absolute Gasteiger partial charge is 0.377 e. The van der Waals surface area contributed by atoms with Gasteiger partial charge in [-0.15, -0.1) is 0 Å². The van der Waals surface area contributed by atoms with Crippen molar-refractivity contribution in [2.75, 3.05) is 6.61 Å². The number of hydrogen-bond donors (Lipinski definition) is 0. The molecule has 1 heterocycles. The number of halogens is 1. The summed E-state index contributed by atoms with van der Waals surface area (Å²) in [6.07, 6.45) is 0. The molecular weight excluding hydrogens is 262 g/mol. The summed E-state index contributed by atoms with van der Waals surface area (Å²) in [5, 5.41) is 4.44. The molecule has 2 aromatic rings. The summed E-state index contributed by atoms with van der Waals surface area (Å²) >= 11 is 3.31. The first-order valence-electron chi connectivity index (χ1n) is 4.44. The second-order valence-electron chi connectivity index (χ2n) is 2.89. The van der Waals surface area contributed by atoms with Crippen molar-refractivity contribution >= 4 is 32.8 Å². The number of rotatable bonds is 2. The molecule has 0 bridgehead atoms. The lowest BCUT2D eigenvalue weighted by atomic mass is 10.2. The predicted molar refractivity (Wildman–Crippen MR) is 57.7 cm³/mol. The zero-order valence-electron chi connectivity index (χ0n) is 7.99. The minimum atomic E-state index is -0.484. The Balaban J connectivity index is 2.49. The molecule has 0 aliphatic heterocycles. The standard InChI is InChI=1S/C10H8BrNO3/c1-2-14-10(13)9-7-4-3-6(11)5-8(7)12-15-9/h3-5H,2H2,1H3. The van der Waals surface area contributed by atoms with E-state index in [9.17, 15) is 4.79 Å². The van der Waals surface area contributed by atoms with Crippen molar-refractivity contribution in [3.8, 4) is 0 Å². The summed E-state index contributed by atoms with van der Waals surface area (Å²) in [5.74, 6) is -0.332. The van der Waals surface area contributed by atoms with E-state index in [4.69, 9.17) is 9.26 Å². The second kappa shape index (κ2) is 4.02. The van der Waals surface area contributed by atoms with E-state index in [2.05, 4.69) is 21.1 Å². The molecule has 0 saturated carbocycles. The monoisotopic (exact) mass is 269 g/mol. The van der Waals surface area contributed by atoms with Crippen molar-refractivity contribution in [3.05, 3.63) is 28.4 Å². The predicted octanol–water partition coefficient (Wildman–Crippen LogP) is 2.77. The Labute approximate surface area is 94.3 Å². The lowest BCUT2D eigenvalue weighted by Gasteiger charge is -1.96. The number of fused-ring (bicyclic) bond motifs is 1. The average Bonchev–Trinajstić information content (AvgIpc) is 2.60. The molecule has 1 aromatic carbocycles. The normalized spacial score (nSPS) is 10.5. The van der Waals surface area contributed by atoms with Crippen LogP contribution in [0.3, 0.4) is 0 Å². The molecule has 0 spiro atoms. The number of carbonyl (C=O) groups is 1. The van der Waals surface area contributed by atoms with Gasteiger partial charge in [0, 0.05) is 4.47 Å². The minimum absolute atomic E-state index is 0.152. The molecule has 15 heavy (non-hydrogen) atoms. The summed E-state index contributed by atoms with van der Waals surface area (Å²) in [6.45, 7) is 2.06. The van der Waals surface area contributed by atoms with E-state index in [-0.39, 0.29) is 5.76 Å². The zero-order valence-corrected chi connectivity index (χ0v) is 9.58. The van der Waals surface area contributed by atoms with Crippen LogP contribution >= 0.6 is 15.9 Å². The maximum atomic E-state index is 11.4. The first kappa shape index (κ1) is 10.2. The topological polar surface area (TPSA) is 52.3 Å². The first-order chi connectivity index (χ1) is 7.22. The molecule has 2 rings (SSSR count). The number of benzene rings is 1. The van der Waals surface area contributed by atoms with Gasteiger partial charge in [-0.1, -0.05) is 21.1 Å². The van der Waals surface area contributed by atoms with Crippen LogP contribution in [0, 0.1) is 0 Å². The average molecular weight is 270 g/mol. The van der Waals surface area contributed by atoms with E-state index in [1.54, 1.807) is 19.1 Å². The number of nitrogens with zero attached hydrogens (tertiary/aromatic N) is 1. The molecule has 0 fully saturated rings. The number of hydrogen-bond acceptors (Lipinski definition) is 4. The lowest BCUT2D eigenvalue weighted by molar-refractivity contribution is 0.0483. The minimum Gasteiger partial charge on any atom is -0.460 e. The molecule has 0 N–H and O–H groups in total. The Bertz CT molecular complexity index is 506. The lowest BCUT2D eigenvalue weighted by Crippen LogP contribution is -2.03. The highest BCUT2D eigenvalue weighted by Gasteiger charge is 2.17. The van der Waals surface area contributed by atoms with Crippen molar-refractivity contribution in [3.63, 3.8) is 0 Å². The molecule has 0 unspecified atom stereocenters. The fraction of sp³-hybridized carbons (Fsp3) is 0.200. The van der Waals surface area contributed by atoms with E-state index in [1.165, 1.54) is 0 Å². The molecule has 0 amide bonds.